The minimum atomic E-state index is -0.487. The van der Waals surface area contributed by atoms with Crippen molar-refractivity contribution in [3.63, 3.8) is 0 Å². The van der Waals surface area contributed by atoms with Crippen LogP contribution in [0.3, 0.4) is 0 Å². The molecule has 1 aliphatic heterocycles. The summed E-state index contributed by atoms with van der Waals surface area (Å²) in [4.78, 5) is 13.5. The summed E-state index contributed by atoms with van der Waals surface area (Å²) in [6.45, 7) is 6.36. The van der Waals surface area contributed by atoms with E-state index in [1.165, 1.54) is 11.5 Å². The van der Waals surface area contributed by atoms with E-state index in [1.54, 1.807) is 0 Å². The maximum Gasteiger partial charge on any atom is 0.255 e. The van der Waals surface area contributed by atoms with Crippen LogP contribution in [0.4, 0.5) is 10.8 Å². The van der Waals surface area contributed by atoms with Gasteiger partial charge in [0.15, 0.2) is 5.82 Å². The summed E-state index contributed by atoms with van der Waals surface area (Å²) in [6.07, 6.45) is 1.15. The van der Waals surface area contributed by atoms with Crippen LogP contribution >= 0.6 is 11.5 Å². The minimum absolute atomic E-state index is 0.255. The standard InChI is InChI=1S/C11H18N4OS/c1-6(2)7-3-4-15(5-7)11-8(10(13)16)9(12)14-17-11/h6-7H,3-5H2,1-2H3,(H2,12,14)(H2,13,16). The zero-order valence-corrected chi connectivity index (χ0v) is 11.0. The van der Waals surface area contributed by atoms with Crippen molar-refractivity contribution >= 4 is 28.3 Å². The molecule has 0 aliphatic carbocycles. The van der Waals surface area contributed by atoms with Crippen LogP contribution in [0.2, 0.25) is 0 Å². The number of rotatable bonds is 3. The molecule has 1 unspecified atom stereocenters. The van der Waals surface area contributed by atoms with E-state index in [2.05, 4.69) is 23.1 Å². The topological polar surface area (TPSA) is 85.2 Å². The third-order valence-electron chi connectivity index (χ3n) is 3.40. The maximum absolute atomic E-state index is 11.4. The first kappa shape index (κ1) is 12.2. The van der Waals surface area contributed by atoms with Gasteiger partial charge in [-0.15, -0.1) is 0 Å². The fraction of sp³-hybridized carbons (Fsp3) is 0.636. The van der Waals surface area contributed by atoms with Gasteiger partial charge in [0.1, 0.15) is 10.6 Å². The number of hydrogen-bond donors (Lipinski definition) is 2. The summed E-state index contributed by atoms with van der Waals surface area (Å²) in [5.74, 6) is 1.09. The van der Waals surface area contributed by atoms with Crippen LogP contribution in [0, 0.1) is 11.8 Å². The number of primary amides is 1. The largest absolute Gasteiger partial charge is 0.382 e. The third kappa shape index (κ3) is 2.22. The number of carbonyl (C=O) groups is 1. The summed E-state index contributed by atoms with van der Waals surface area (Å²) in [6, 6.07) is 0. The quantitative estimate of drug-likeness (QED) is 0.851. The molecule has 1 aliphatic rings. The minimum Gasteiger partial charge on any atom is -0.382 e. The van der Waals surface area contributed by atoms with E-state index in [1.807, 2.05) is 0 Å². The lowest BCUT2D eigenvalue weighted by atomic mass is 9.95. The Bertz CT molecular complexity index is 429. The Morgan fingerprint density at radius 2 is 2.29 bits per heavy atom. The van der Waals surface area contributed by atoms with Crippen molar-refractivity contribution in [1.29, 1.82) is 0 Å². The second-order valence-electron chi connectivity index (χ2n) is 4.85. The number of amides is 1. The Balaban J connectivity index is 2.22. The maximum atomic E-state index is 11.4. The fourth-order valence-corrected chi connectivity index (χ4v) is 3.11. The van der Waals surface area contributed by atoms with Crippen molar-refractivity contribution in [3.05, 3.63) is 5.56 Å². The molecular weight excluding hydrogens is 236 g/mol. The van der Waals surface area contributed by atoms with Gasteiger partial charge in [0, 0.05) is 13.1 Å². The molecule has 0 bridgehead atoms. The number of hydrogen-bond acceptors (Lipinski definition) is 5. The van der Waals surface area contributed by atoms with Crippen LogP contribution in [0.1, 0.15) is 30.6 Å². The zero-order valence-electron chi connectivity index (χ0n) is 10.1. The number of nitrogen functional groups attached to an aromatic ring is 1. The SMILES string of the molecule is CC(C)C1CCN(c2snc(N)c2C(N)=O)C1. The summed E-state index contributed by atoms with van der Waals surface area (Å²) < 4.78 is 4.03. The molecule has 6 heteroatoms. The summed E-state index contributed by atoms with van der Waals surface area (Å²) >= 11 is 1.27. The van der Waals surface area contributed by atoms with Crippen molar-refractivity contribution in [2.75, 3.05) is 23.7 Å². The molecule has 5 nitrogen and oxygen atoms in total. The molecule has 1 amide bonds. The van der Waals surface area contributed by atoms with Crippen LogP contribution in [0.5, 0.6) is 0 Å². The Labute approximate surface area is 105 Å². The first-order chi connectivity index (χ1) is 8.00. The zero-order chi connectivity index (χ0) is 12.6. The van der Waals surface area contributed by atoms with E-state index >= 15 is 0 Å². The van der Waals surface area contributed by atoms with Gasteiger partial charge in [-0.3, -0.25) is 4.79 Å². The van der Waals surface area contributed by atoms with E-state index in [0.29, 0.717) is 17.4 Å². The number of anilines is 2. The molecular formula is C11H18N4OS. The normalized spacial score (nSPS) is 20.2. The number of aromatic nitrogens is 1. The van der Waals surface area contributed by atoms with Gasteiger partial charge in [0.2, 0.25) is 0 Å². The van der Waals surface area contributed by atoms with Crippen molar-refractivity contribution in [2.45, 2.75) is 20.3 Å². The first-order valence-corrected chi connectivity index (χ1v) is 6.58. The summed E-state index contributed by atoms with van der Waals surface area (Å²) in [5.41, 5.74) is 11.4. The van der Waals surface area contributed by atoms with Crippen molar-refractivity contribution in [2.24, 2.45) is 17.6 Å². The van der Waals surface area contributed by atoms with Crippen LogP contribution in [-0.2, 0) is 0 Å². The average Bonchev–Trinajstić information content (AvgIpc) is 2.82. The van der Waals surface area contributed by atoms with Gasteiger partial charge in [0.05, 0.1) is 0 Å². The van der Waals surface area contributed by atoms with Gasteiger partial charge in [-0.1, -0.05) is 13.8 Å². The van der Waals surface area contributed by atoms with Crippen LogP contribution in [-0.4, -0.2) is 23.4 Å². The lowest BCUT2D eigenvalue weighted by Gasteiger charge is -2.18. The molecule has 17 heavy (non-hydrogen) atoms. The van der Waals surface area contributed by atoms with Crippen molar-refractivity contribution in [1.82, 2.24) is 4.37 Å². The molecule has 0 aromatic carbocycles. The molecule has 0 radical (unpaired) electrons. The highest BCUT2D eigenvalue weighted by Crippen LogP contribution is 2.35. The average molecular weight is 254 g/mol. The van der Waals surface area contributed by atoms with E-state index in [-0.39, 0.29) is 5.82 Å². The number of nitrogens with zero attached hydrogens (tertiary/aromatic N) is 2. The van der Waals surface area contributed by atoms with Gasteiger partial charge < -0.3 is 16.4 Å². The van der Waals surface area contributed by atoms with E-state index < -0.39 is 5.91 Å². The highest BCUT2D eigenvalue weighted by atomic mass is 32.1. The predicted molar refractivity (Wildman–Crippen MR) is 70.2 cm³/mol. The van der Waals surface area contributed by atoms with Gasteiger partial charge in [-0.05, 0) is 29.8 Å². The third-order valence-corrected chi connectivity index (χ3v) is 4.32. The Morgan fingerprint density at radius 1 is 1.59 bits per heavy atom. The van der Waals surface area contributed by atoms with Gasteiger partial charge in [-0.2, -0.15) is 4.37 Å². The molecule has 1 atom stereocenters. The summed E-state index contributed by atoms with van der Waals surface area (Å²) in [5, 5.41) is 0.832. The van der Waals surface area contributed by atoms with E-state index in [4.69, 9.17) is 11.5 Å². The smallest absolute Gasteiger partial charge is 0.255 e. The van der Waals surface area contributed by atoms with E-state index in [0.717, 1.165) is 24.5 Å². The van der Waals surface area contributed by atoms with Gasteiger partial charge in [0.25, 0.3) is 5.91 Å². The molecule has 4 N–H and O–H groups in total. The second kappa shape index (κ2) is 4.52. The molecule has 0 spiro atoms. The molecule has 2 heterocycles. The van der Waals surface area contributed by atoms with Crippen LogP contribution in [0.25, 0.3) is 0 Å². The van der Waals surface area contributed by atoms with Gasteiger partial charge in [-0.25, -0.2) is 0 Å². The monoisotopic (exact) mass is 254 g/mol. The summed E-state index contributed by atoms with van der Waals surface area (Å²) in [7, 11) is 0. The lowest BCUT2D eigenvalue weighted by molar-refractivity contribution is 0.100. The molecule has 0 saturated carbocycles. The highest BCUT2D eigenvalue weighted by Gasteiger charge is 2.29. The Hall–Kier alpha value is -1.30. The van der Waals surface area contributed by atoms with E-state index in [9.17, 15) is 4.79 Å². The Morgan fingerprint density at radius 3 is 2.82 bits per heavy atom. The fourth-order valence-electron chi connectivity index (χ4n) is 2.26. The molecule has 1 aromatic heterocycles. The molecule has 1 fully saturated rings. The molecule has 1 aromatic rings. The molecule has 2 rings (SSSR count). The van der Waals surface area contributed by atoms with Crippen LogP contribution in [0.15, 0.2) is 0 Å². The Kier molecular flexibility index (Phi) is 3.24. The predicted octanol–water partition coefficient (Wildman–Crippen LogP) is 1.31. The number of carbonyl (C=O) groups excluding carboxylic acids is 1. The number of nitrogens with two attached hydrogens (primary N) is 2. The highest BCUT2D eigenvalue weighted by molar-refractivity contribution is 7.11. The van der Waals surface area contributed by atoms with Gasteiger partial charge >= 0.3 is 0 Å². The van der Waals surface area contributed by atoms with Crippen LogP contribution < -0.4 is 16.4 Å². The van der Waals surface area contributed by atoms with Crippen molar-refractivity contribution in [3.8, 4) is 0 Å². The lowest BCUT2D eigenvalue weighted by Crippen LogP contribution is -2.24. The molecule has 94 valence electrons. The molecule has 1 saturated heterocycles. The van der Waals surface area contributed by atoms with Crippen molar-refractivity contribution < 1.29 is 4.79 Å². The first-order valence-electron chi connectivity index (χ1n) is 5.80. The second-order valence-corrected chi connectivity index (χ2v) is 5.60.